The maximum absolute atomic E-state index is 12.5. The number of hydrogen-bond donors (Lipinski definition) is 3. The summed E-state index contributed by atoms with van der Waals surface area (Å²) in [6.07, 6.45) is 1.48. The van der Waals surface area contributed by atoms with Gasteiger partial charge in [-0.15, -0.1) is 5.10 Å². The van der Waals surface area contributed by atoms with Crippen molar-refractivity contribution in [2.75, 3.05) is 23.7 Å². The molecule has 10 nitrogen and oxygen atoms in total. The summed E-state index contributed by atoms with van der Waals surface area (Å²) in [6.45, 7) is 4.84. The molecule has 0 aliphatic heterocycles. The van der Waals surface area contributed by atoms with Gasteiger partial charge in [-0.3, -0.25) is 4.79 Å². The van der Waals surface area contributed by atoms with Gasteiger partial charge in [-0.05, 0) is 54.6 Å². The van der Waals surface area contributed by atoms with Crippen LogP contribution in [0.1, 0.15) is 21.6 Å². The van der Waals surface area contributed by atoms with Gasteiger partial charge in [-0.1, -0.05) is 23.8 Å². The molecule has 0 unspecified atom stereocenters. The molecule has 4 rings (SSSR count). The van der Waals surface area contributed by atoms with E-state index in [1.807, 2.05) is 50.2 Å². The fourth-order valence-electron chi connectivity index (χ4n) is 3.02. The number of nitrogens with zero attached hydrogens (tertiary/aromatic N) is 6. The number of aryl methyl sites for hydroxylation is 2. The predicted molar refractivity (Wildman–Crippen MR) is 121 cm³/mol. The van der Waals surface area contributed by atoms with E-state index in [-0.39, 0.29) is 5.91 Å². The van der Waals surface area contributed by atoms with Crippen LogP contribution < -0.4 is 16.0 Å². The molecule has 2 aromatic carbocycles. The van der Waals surface area contributed by atoms with E-state index in [1.54, 1.807) is 18.2 Å². The Hall–Kier alpha value is -4.34. The van der Waals surface area contributed by atoms with E-state index in [2.05, 4.69) is 41.4 Å². The first-order valence-corrected chi connectivity index (χ1v) is 10.1. The average molecular weight is 429 g/mol. The Morgan fingerprint density at radius 1 is 1.00 bits per heavy atom. The highest BCUT2D eigenvalue weighted by Gasteiger charge is 2.08. The summed E-state index contributed by atoms with van der Waals surface area (Å²) in [5.41, 5.74) is 4.22. The highest BCUT2D eigenvalue weighted by molar-refractivity contribution is 5.94. The van der Waals surface area contributed by atoms with Crippen LogP contribution in [0.3, 0.4) is 0 Å². The lowest BCUT2D eigenvalue weighted by Gasteiger charge is -2.11. The average Bonchev–Trinajstić information content (AvgIpc) is 3.33. The Morgan fingerprint density at radius 2 is 1.84 bits per heavy atom. The minimum atomic E-state index is -0.186. The standard InChI is InChI=1S/C22H23N9O/c1-15-6-8-18(9-7-15)27-20-12-16(2)26-22(28-20)24-11-10-23-21(32)17-4-3-5-19(13-17)31-14-25-29-30-31/h3-9,12-14H,10-11H2,1-2H3,(H,23,32)(H2,24,26,27,28). The van der Waals surface area contributed by atoms with Gasteiger partial charge < -0.3 is 16.0 Å². The number of carbonyl (C=O) groups is 1. The fourth-order valence-corrected chi connectivity index (χ4v) is 3.02. The van der Waals surface area contributed by atoms with Crippen LogP contribution in [0.2, 0.25) is 0 Å². The topological polar surface area (TPSA) is 123 Å². The molecular weight excluding hydrogens is 406 g/mol. The lowest BCUT2D eigenvalue weighted by atomic mass is 10.2. The monoisotopic (exact) mass is 429 g/mol. The van der Waals surface area contributed by atoms with Crippen LogP contribution in [-0.2, 0) is 0 Å². The zero-order chi connectivity index (χ0) is 22.3. The second kappa shape index (κ2) is 9.65. The maximum atomic E-state index is 12.5. The first-order valence-electron chi connectivity index (χ1n) is 10.1. The molecule has 3 N–H and O–H groups in total. The Kier molecular flexibility index (Phi) is 6.30. The van der Waals surface area contributed by atoms with E-state index < -0.39 is 0 Å². The van der Waals surface area contributed by atoms with Crippen LogP contribution in [0.5, 0.6) is 0 Å². The van der Waals surface area contributed by atoms with Gasteiger partial charge >= 0.3 is 0 Å². The molecular formula is C22H23N9O. The quantitative estimate of drug-likeness (QED) is 0.365. The largest absolute Gasteiger partial charge is 0.352 e. The van der Waals surface area contributed by atoms with Gasteiger partial charge in [-0.2, -0.15) is 4.98 Å². The molecule has 2 heterocycles. The highest BCUT2D eigenvalue weighted by atomic mass is 16.1. The predicted octanol–water partition coefficient (Wildman–Crippen LogP) is 2.65. The molecule has 10 heteroatoms. The van der Waals surface area contributed by atoms with Crippen LogP contribution >= 0.6 is 0 Å². The zero-order valence-electron chi connectivity index (χ0n) is 17.8. The fraction of sp³-hybridized carbons (Fsp3) is 0.182. The van der Waals surface area contributed by atoms with Gasteiger partial charge in [0.2, 0.25) is 5.95 Å². The third kappa shape index (κ3) is 5.42. The smallest absolute Gasteiger partial charge is 0.251 e. The Morgan fingerprint density at radius 3 is 2.62 bits per heavy atom. The molecule has 0 atom stereocenters. The molecule has 32 heavy (non-hydrogen) atoms. The van der Waals surface area contributed by atoms with Gasteiger partial charge in [0.1, 0.15) is 12.1 Å². The van der Waals surface area contributed by atoms with Gasteiger partial charge in [0.15, 0.2) is 0 Å². The number of rotatable bonds is 8. The van der Waals surface area contributed by atoms with Crippen molar-refractivity contribution < 1.29 is 4.79 Å². The van der Waals surface area contributed by atoms with Gasteiger partial charge in [0.25, 0.3) is 5.91 Å². The van der Waals surface area contributed by atoms with E-state index in [1.165, 1.54) is 16.6 Å². The molecule has 1 amide bonds. The first-order chi connectivity index (χ1) is 15.6. The van der Waals surface area contributed by atoms with Crippen molar-refractivity contribution in [1.82, 2.24) is 35.5 Å². The maximum Gasteiger partial charge on any atom is 0.251 e. The second-order valence-electron chi connectivity index (χ2n) is 7.20. The summed E-state index contributed by atoms with van der Waals surface area (Å²) in [5, 5.41) is 20.4. The highest BCUT2D eigenvalue weighted by Crippen LogP contribution is 2.17. The number of nitrogens with one attached hydrogen (secondary N) is 3. The zero-order valence-corrected chi connectivity index (χ0v) is 17.8. The van der Waals surface area contributed by atoms with Crippen molar-refractivity contribution in [2.24, 2.45) is 0 Å². The lowest BCUT2D eigenvalue weighted by molar-refractivity contribution is 0.0955. The van der Waals surface area contributed by atoms with Crippen LogP contribution in [0, 0.1) is 13.8 Å². The Balaban J connectivity index is 1.31. The third-order valence-corrected chi connectivity index (χ3v) is 4.59. The number of benzene rings is 2. The molecule has 0 fully saturated rings. The molecule has 0 spiro atoms. The van der Waals surface area contributed by atoms with E-state index in [0.29, 0.717) is 36.1 Å². The second-order valence-corrected chi connectivity index (χ2v) is 7.20. The van der Waals surface area contributed by atoms with E-state index in [4.69, 9.17) is 0 Å². The third-order valence-electron chi connectivity index (χ3n) is 4.59. The number of amides is 1. The number of carbonyl (C=O) groups excluding carboxylic acids is 1. The van der Waals surface area contributed by atoms with E-state index in [0.717, 1.165) is 11.4 Å². The van der Waals surface area contributed by atoms with Crippen LogP contribution in [0.25, 0.3) is 5.69 Å². The molecule has 0 saturated heterocycles. The Bertz CT molecular complexity index is 1190. The van der Waals surface area contributed by atoms with Crippen LogP contribution in [-0.4, -0.2) is 49.2 Å². The molecule has 0 aliphatic carbocycles. The summed E-state index contributed by atoms with van der Waals surface area (Å²) in [4.78, 5) is 21.4. The van der Waals surface area contributed by atoms with Gasteiger partial charge in [0, 0.05) is 36.1 Å². The molecule has 0 saturated carbocycles. The molecule has 2 aromatic heterocycles. The summed E-state index contributed by atoms with van der Waals surface area (Å²) in [6, 6.07) is 17.0. The molecule has 0 bridgehead atoms. The molecule has 162 valence electrons. The summed E-state index contributed by atoms with van der Waals surface area (Å²) < 4.78 is 1.50. The van der Waals surface area contributed by atoms with Crippen LogP contribution in [0.4, 0.5) is 17.5 Å². The summed E-state index contributed by atoms with van der Waals surface area (Å²) in [5.74, 6) is 1.01. The number of hydrogen-bond acceptors (Lipinski definition) is 8. The molecule has 0 aliphatic rings. The SMILES string of the molecule is Cc1ccc(Nc2cc(C)nc(NCCNC(=O)c3cccc(-n4cnnn4)c3)n2)cc1. The van der Waals surface area contributed by atoms with E-state index in [9.17, 15) is 4.79 Å². The minimum absolute atomic E-state index is 0.186. The van der Waals surface area contributed by atoms with Crippen molar-refractivity contribution in [2.45, 2.75) is 13.8 Å². The number of anilines is 3. The van der Waals surface area contributed by atoms with Crippen molar-refractivity contribution in [3.05, 3.63) is 77.7 Å². The Labute approximate surface area is 185 Å². The van der Waals surface area contributed by atoms with Crippen molar-refractivity contribution in [3.63, 3.8) is 0 Å². The van der Waals surface area contributed by atoms with Crippen molar-refractivity contribution in [3.8, 4) is 5.69 Å². The molecule has 4 aromatic rings. The van der Waals surface area contributed by atoms with Gasteiger partial charge in [0.05, 0.1) is 5.69 Å². The summed E-state index contributed by atoms with van der Waals surface area (Å²) >= 11 is 0. The number of aromatic nitrogens is 6. The minimum Gasteiger partial charge on any atom is -0.352 e. The summed E-state index contributed by atoms with van der Waals surface area (Å²) in [7, 11) is 0. The van der Waals surface area contributed by atoms with Crippen LogP contribution in [0.15, 0.2) is 60.9 Å². The van der Waals surface area contributed by atoms with Crippen molar-refractivity contribution >= 4 is 23.4 Å². The van der Waals surface area contributed by atoms with Crippen molar-refractivity contribution in [1.29, 1.82) is 0 Å². The molecule has 0 radical (unpaired) electrons. The first kappa shape index (κ1) is 20.9. The van der Waals surface area contributed by atoms with E-state index >= 15 is 0 Å². The normalized spacial score (nSPS) is 10.6. The lowest BCUT2D eigenvalue weighted by Crippen LogP contribution is -2.29. The van der Waals surface area contributed by atoms with Gasteiger partial charge in [-0.25, -0.2) is 9.67 Å². The number of tetrazole rings is 1.